The Kier molecular flexibility index (Phi) is 5.81. The molecule has 2 aromatic carbocycles. The summed E-state index contributed by atoms with van der Waals surface area (Å²) in [4.78, 5) is 25.5. The van der Waals surface area contributed by atoms with Gasteiger partial charge in [-0.15, -0.1) is 0 Å². The molecule has 0 amide bonds. The standard InChI is InChI=1S/C19H13F2N3O6/c1-29-17-9-11(16(24(27)28)10-18(17)30-19(20)21)5-6-12-7-8-13-14(22-12)3-2-4-15(13)23(25)26/h2-10,19H,1H3/b6-5+. The summed E-state index contributed by atoms with van der Waals surface area (Å²) >= 11 is 0. The van der Waals surface area contributed by atoms with Crippen molar-refractivity contribution in [3.63, 3.8) is 0 Å². The average Bonchev–Trinajstić information content (AvgIpc) is 2.71. The van der Waals surface area contributed by atoms with Crippen LogP contribution in [0.2, 0.25) is 0 Å². The first-order valence-electron chi connectivity index (χ1n) is 8.33. The lowest BCUT2D eigenvalue weighted by molar-refractivity contribution is -0.385. The highest BCUT2D eigenvalue weighted by atomic mass is 19.3. The Morgan fingerprint density at radius 3 is 2.37 bits per heavy atom. The van der Waals surface area contributed by atoms with E-state index in [-0.39, 0.29) is 17.0 Å². The van der Waals surface area contributed by atoms with Gasteiger partial charge in [0, 0.05) is 6.07 Å². The number of fused-ring (bicyclic) bond motifs is 1. The Bertz CT molecular complexity index is 1170. The second-order valence-electron chi connectivity index (χ2n) is 5.87. The number of ether oxygens (including phenoxy) is 2. The Morgan fingerprint density at radius 1 is 1.00 bits per heavy atom. The third kappa shape index (κ3) is 4.29. The van der Waals surface area contributed by atoms with Gasteiger partial charge in [-0.2, -0.15) is 8.78 Å². The van der Waals surface area contributed by atoms with E-state index in [2.05, 4.69) is 9.72 Å². The Labute approximate surface area is 167 Å². The van der Waals surface area contributed by atoms with Crippen LogP contribution in [0.15, 0.2) is 42.5 Å². The van der Waals surface area contributed by atoms with Crippen LogP contribution in [0.3, 0.4) is 0 Å². The topological polar surface area (TPSA) is 118 Å². The second-order valence-corrected chi connectivity index (χ2v) is 5.87. The lowest BCUT2D eigenvalue weighted by Crippen LogP contribution is -2.05. The van der Waals surface area contributed by atoms with Crippen molar-refractivity contribution in [1.82, 2.24) is 4.98 Å². The van der Waals surface area contributed by atoms with Crippen LogP contribution in [0.4, 0.5) is 20.2 Å². The minimum absolute atomic E-state index is 0.0689. The molecule has 0 aliphatic rings. The molecule has 0 saturated heterocycles. The number of hydrogen-bond acceptors (Lipinski definition) is 7. The summed E-state index contributed by atoms with van der Waals surface area (Å²) in [7, 11) is 1.21. The first kappa shape index (κ1) is 20.6. The normalized spacial score (nSPS) is 11.2. The molecule has 1 heterocycles. The molecular weight excluding hydrogens is 404 g/mol. The molecule has 30 heavy (non-hydrogen) atoms. The zero-order valence-electron chi connectivity index (χ0n) is 15.3. The van der Waals surface area contributed by atoms with Gasteiger partial charge in [0.2, 0.25) is 0 Å². The van der Waals surface area contributed by atoms with Gasteiger partial charge in [-0.05, 0) is 36.4 Å². The Hall–Kier alpha value is -4.15. The number of pyridine rings is 1. The second kappa shape index (κ2) is 8.47. The number of nitro benzene ring substituents is 2. The van der Waals surface area contributed by atoms with Crippen LogP contribution in [-0.4, -0.2) is 28.6 Å². The number of rotatable bonds is 7. The van der Waals surface area contributed by atoms with Crippen LogP contribution < -0.4 is 9.47 Å². The van der Waals surface area contributed by atoms with E-state index in [9.17, 15) is 29.0 Å². The van der Waals surface area contributed by atoms with Crippen molar-refractivity contribution < 1.29 is 28.1 Å². The summed E-state index contributed by atoms with van der Waals surface area (Å²) in [5.74, 6) is -0.574. The fourth-order valence-corrected chi connectivity index (χ4v) is 2.79. The van der Waals surface area contributed by atoms with E-state index >= 15 is 0 Å². The summed E-state index contributed by atoms with van der Waals surface area (Å²) in [6, 6.07) is 9.54. The van der Waals surface area contributed by atoms with Crippen LogP contribution in [0.25, 0.3) is 23.1 Å². The highest BCUT2D eigenvalue weighted by molar-refractivity contribution is 5.89. The molecule has 0 radical (unpaired) electrons. The molecule has 154 valence electrons. The molecule has 0 saturated carbocycles. The third-order valence-corrected chi connectivity index (χ3v) is 4.09. The fourth-order valence-electron chi connectivity index (χ4n) is 2.79. The van der Waals surface area contributed by atoms with E-state index in [1.54, 1.807) is 6.07 Å². The lowest BCUT2D eigenvalue weighted by Gasteiger charge is -2.10. The van der Waals surface area contributed by atoms with E-state index in [1.807, 2.05) is 0 Å². The molecule has 0 unspecified atom stereocenters. The number of alkyl halides is 2. The molecule has 0 atom stereocenters. The molecule has 0 bridgehead atoms. The van der Waals surface area contributed by atoms with Crippen molar-refractivity contribution >= 4 is 34.4 Å². The molecule has 0 fully saturated rings. The summed E-state index contributed by atoms with van der Waals surface area (Å²) in [6.07, 6.45) is 2.81. The number of nitrogens with zero attached hydrogens (tertiary/aromatic N) is 3. The Morgan fingerprint density at radius 2 is 1.73 bits per heavy atom. The minimum atomic E-state index is -3.18. The average molecular weight is 417 g/mol. The van der Waals surface area contributed by atoms with Gasteiger partial charge < -0.3 is 9.47 Å². The van der Waals surface area contributed by atoms with Crippen molar-refractivity contribution in [1.29, 1.82) is 0 Å². The number of halogens is 2. The number of hydrogen-bond donors (Lipinski definition) is 0. The van der Waals surface area contributed by atoms with Crippen molar-refractivity contribution in [2.45, 2.75) is 6.61 Å². The van der Waals surface area contributed by atoms with Gasteiger partial charge in [0.05, 0.1) is 45.2 Å². The predicted molar refractivity (Wildman–Crippen MR) is 104 cm³/mol. The molecule has 9 nitrogen and oxygen atoms in total. The Balaban J connectivity index is 2.02. The molecule has 1 aromatic heterocycles. The van der Waals surface area contributed by atoms with Crippen molar-refractivity contribution in [2.75, 3.05) is 7.11 Å². The smallest absolute Gasteiger partial charge is 0.387 e. The van der Waals surface area contributed by atoms with Crippen LogP contribution in [0.5, 0.6) is 11.5 Å². The van der Waals surface area contributed by atoms with Gasteiger partial charge in [-0.3, -0.25) is 20.2 Å². The van der Waals surface area contributed by atoms with E-state index in [0.717, 1.165) is 6.07 Å². The summed E-state index contributed by atoms with van der Waals surface area (Å²) in [5.41, 5.74) is 0.257. The molecule has 3 rings (SSSR count). The van der Waals surface area contributed by atoms with Crippen LogP contribution in [0, 0.1) is 20.2 Å². The SMILES string of the molecule is COc1cc(/C=C/c2ccc3c([N+](=O)[O-])cccc3n2)c([N+](=O)[O-])cc1OC(F)F. The zero-order valence-corrected chi connectivity index (χ0v) is 15.3. The van der Waals surface area contributed by atoms with E-state index in [1.165, 1.54) is 49.6 Å². The number of benzene rings is 2. The van der Waals surface area contributed by atoms with Gasteiger partial charge >= 0.3 is 6.61 Å². The maximum atomic E-state index is 12.5. The number of nitro groups is 2. The van der Waals surface area contributed by atoms with Gasteiger partial charge in [-0.25, -0.2) is 4.98 Å². The van der Waals surface area contributed by atoms with E-state index in [4.69, 9.17) is 4.74 Å². The van der Waals surface area contributed by atoms with Crippen molar-refractivity contribution in [3.8, 4) is 11.5 Å². The van der Waals surface area contributed by atoms with Crippen LogP contribution >= 0.6 is 0 Å². The zero-order chi connectivity index (χ0) is 21.8. The third-order valence-electron chi connectivity index (χ3n) is 4.09. The highest BCUT2D eigenvalue weighted by Crippen LogP contribution is 2.36. The monoisotopic (exact) mass is 417 g/mol. The number of aromatic nitrogens is 1. The quantitative estimate of drug-likeness (QED) is 0.399. The molecule has 0 aliphatic carbocycles. The fraction of sp³-hybridized carbons (Fsp3) is 0.105. The first-order valence-corrected chi connectivity index (χ1v) is 8.33. The number of methoxy groups -OCH3 is 1. The molecule has 0 N–H and O–H groups in total. The van der Waals surface area contributed by atoms with E-state index < -0.39 is 27.9 Å². The van der Waals surface area contributed by atoms with Gasteiger partial charge in [-0.1, -0.05) is 6.07 Å². The largest absolute Gasteiger partial charge is 0.493 e. The van der Waals surface area contributed by atoms with Crippen LogP contribution in [0.1, 0.15) is 11.3 Å². The molecular formula is C19H13F2N3O6. The number of non-ortho nitro benzene ring substituents is 1. The summed E-state index contributed by atoms with van der Waals surface area (Å²) < 4.78 is 34.3. The van der Waals surface area contributed by atoms with Gasteiger partial charge in [0.1, 0.15) is 0 Å². The predicted octanol–water partition coefficient (Wildman–Crippen LogP) is 4.83. The molecule has 0 aliphatic heterocycles. The molecule has 0 spiro atoms. The minimum Gasteiger partial charge on any atom is -0.493 e. The van der Waals surface area contributed by atoms with E-state index in [0.29, 0.717) is 16.6 Å². The summed E-state index contributed by atoms with van der Waals surface area (Å²) in [6.45, 7) is -3.18. The highest BCUT2D eigenvalue weighted by Gasteiger charge is 2.20. The molecule has 11 heteroatoms. The maximum absolute atomic E-state index is 12.5. The first-order chi connectivity index (χ1) is 14.3. The van der Waals surface area contributed by atoms with Crippen molar-refractivity contribution in [3.05, 3.63) is 74.0 Å². The molecule has 3 aromatic rings. The van der Waals surface area contributed by atoms with Crippen LogP contribution in [-0.2, 0) is 0 Å². The summed E-state index contributed by atoms with van der Waals surface area (Å²) in [5, 5.41) is 22.8. The van der Waals surface area contributed by atoms with Gasteiger partial charge in [0.15, 0.2) is 11.5 Å². The van der Waals surface area contributed by atoms with Crippen molar-refractivity contribution in [2.24, 2.45) is 0 Å². The maximum Gasteiger partial charge on any atom is 0.387 e. The lowest BCUT2D eigenvalue weighted by atomic mass is 10.1. The van der Waals surface area contributed by atoms with Gasteiger partial charge in [0.25, 0.3) is 11.4 Å².